The van der Waals surface area contributed by atoms with Gasteiger partial charge in [-0.05, 0) is 19.1 Å². The summed E-state index contributed by atoms with van der Waals surface area (Å²) in [5, 5.41) is 13.4. The highest BCUT2D eigenvalue weighted by Gasteiger charge is 2.23. The lowest BCUT2D eigenvalue weighted by molar-refractivity contribution is -0.312. The predicted molar refractivity (Wildman–Crippen MR) is 84.4 cm³/mol. The molecule has 0 saturated carbocycles. The zero-order valence-corrected chi connectivity index (χ0v) is 13.4. The Bertz CT molecular complexity index is 671. The number of carbonyl (C=O) groups excluding carboxylic acids is 2. The highest BCUT2D eigenvalue weighted by atomic mass is 32.2. The second kappa shape index (κ2) is 6.80. The third-order valence-electron chi connectivity index (χ3n) is 2.78. The molecule has 1 aliphatic rings. The number of thiocarbonyl (C=S) groups is 1. The highest BCUT2D eigenvalue weighted by molar-refractivity contribution is 8.26. The largest absolute Gasteiger partial charge is 0.546 e. The van der Waals surface area contributed by atoms with Crippen molar-refractivity contribution in [3.05, 3.63) is 28.7 Å². The van der Waals surface area contributed by atoms with Gasteiger partial charge in [-0.25, -0.2) is 0 Å². The van der Waals surface area contributed by atoms with Crippen LogP contribution in [0.2, 0.25) is 0 Å². The minimum atomic E-state index is -1.35. The molecule has 0 unspecified atom stereocenters. The standard InChI is InChI=1S/C14H13NO5S2/c1-7(13(17)18)20-11-8(4-3-5-9(11)19-2)6-10-12(16)15-14(21)22-10/h3-7H,1-2H3,(H,17,18)(H,15,16,21)/p-1/b10-6+/t7-/m0/s1. The summed E-state index contributed by atoms with van der Waals surface area (Å²) in [5.74, 6) is -1.08. The van der Waals surface area contributed by atoms with E-state index in [2.05, 4.69) is 5.32 Å². The van der Waals surface area contributed by atoms with E-state index >= 15 is 0 Å². The van der Waals surface area contributed by atoms with Crippen molar-refractivity contribution in [2.24, 2.45) is 0 Å². The number of thioether (sulfide) groups is 1. The zero-order valence-electron chi connectivity index (χ0n) is 11.7. The fourth-order valence-corrected chi connectivity index (χ4v) is 2.76. The van der Waals surface area contributed by atoms with E-state index in [1.165, 1.54) is 14.0 Å². The van der Waals surface area contributed by atoms with Crippen LogP contribution in [0, 0.1) is 0 Å². The summed E-state index contributed by atoms with van der Waals surface area (Å²) in [7, 11) is 1.44. The van der Waals surface area contributed by atoms with E-state index in [4.69, 9.17) is 21.7 Å². The van der Waals surface area contributed by atoms with Gasteiger partial charge in [0.25, 0.3) is 5.91 Å². The lowest BCUT2D eigenvalue weighted by atomic mass is 10.1. The number of carboxylic acid groups (broad SMARTS) is 1. The molecular weight excluding hydrogens is 326 g/mol. The van der Waals surface area contributed by atoms with Crippen molar-refractivity contribution in [3.8, 4) is 11.5 Å². The normalized spacial score (nSPS) is 17.3. The molecule has 1 amide bonds. The molecule has 2 rings (SSSR count). The number of nitrogens with one attached hydrogen (secondary N) is 1. The average molecular weight is 338 g/mol. The van der Waals surface area contributed by atoms with Gasteiger partial charge in [-0.15, -0.1) is 0 Å². The van der Waals surface area contributed by atoms with E-state index in [-0.39, 0.29) is 11.7 Å². The van der Waals surface area contributed by atoms with Gasteiger partial charge in [0.1, 0.15) is 10.4 Å². The fourth-order valence-electron chi connectivity index (χ4n) is 1.72. The molecule has 8 heteroatoms. The molecular formula is C14H12NO5S2-. The zero-order chi connectivity index (χ0) is 16.3. The van der Waals surface area contributed by atoms with Crippen LogP contribution in [0.4, 0.5) is 0 Å². The first kappa shape index (κ1) is 16.3. The van der Waals surface area contributed by atoms with E-state index in [0.717, 1.165) is 11.8 Å². The molecule has 0 spiro atoms. The van der Waals surface area contributed by atoms with E-state index in [9.17, 15) is 14.7 Å². The van der Waals surface area contributed by atoms with E-state index in [1.807, 2.05) is 0 Å². The maximum absolute atomic E-state index is 11.7. The number of carbonyl (C=O) groups is 2. The molecule has 0 aromatic heterocycles. The summed E-state index contributed by atoms with van der Waals surface area (Å²) in [5.41, 5.74) is 0.509. The summed E-state index contributed by atoms with van der Waals surface area (Å²) in [6, 6.07) is 5.02. The Hall–Kier alpha value is -2.06. The Balaban J connectivity index is 2.43. The maximum atomic E-state index is 11.7. The molecule has 1 saturated heterocycles. The Morgan fingerprint density at radius 2 is 2.23 bits per heavy atom. The summed E-state index contributed by atoms with van der Waals surface area (Å²) in [6.45, 7) is 1.35. The molecule has 0 bridgehead atoms. The van der Waals surface area contributed by atoms with Crippen LogP contribution in [0.5, 0.6) is 11.5 Å². The lowest BCUT2D eigenvalue weighted by Gasteiger charge is -2.19. The first-order chi connectivity index (χ1) is 10.4. The second-order valence-corrected chi connectivity index (χ2v) is 6.03. The van der Waals surface area contributed by atoms with Crippen molar-refractivity contribution in [1.82, 2.24) is 5.32 Å². The monoisotopic (exact) mass is 338 g/mol. The van der Waals surface area contributed by atoms with Crippen LogP contribution in [0.25, 0.3) is 6.08 Å². The number of benzene rings is 1. The molecule has 1 atom stereocenters. The highest BCUT2D eigenvalue weighted by Crippen LogP contribution is 2.35. The number of amides is 1. The van der Waals surface area contributed by atoms with Crippen molar-refractivity contribution < 1.29 is 24.2 Å². The number of ether oxygens (including phenoxy) is 2. The van der Waals surface area contributed by atoms with Gasteiger partial charge in [0.05, 0.1) is 18.0 Å². The van der Waals surface area contributed by atoms with E-state index < -0.39 is 12.1 Å². The van der Waals surface area contributed by atoms with E-state index in [1.54, 1.807) is 24.3 Å². The Morgan fingerprint density at radius 3 is 2.77 bits per heavy atom. The van der Waals surface area contributed by atoms with Crippen molar-refractivity contribution in [3.63, 3.8) is 0 Å². The van der Waals surface area contributed by atoms with Gasteiger partial charge >= 0.3 is 0 Å². The minimum Gasteiger partial charge on any atom is -0.546 e. The Morgan fingerprint density at radius 1 is 1.50 bits per heavy atom. The third-order valence-corrected chi connectivity index (χ3v) is 3.95. The van der Waals surface area contributed by atoms with Crippen molar-refractivity contribution in [1.29, 1.82) is 0 Å². The molecule has 22 heavy (non-hydrogen) atoms. The van der Waals surface area contributed by atoms with E-state index in [0.29, 0.717) is 20.5 Å². The Kier molecular flexibility index (Phi) is 5.04. The van der Waals surface area contributed by atoms with Crippen molar-refractivity contribution >= 4 is 46.3 Å². The number of rotatable bonds is 5. The number of hydrogen-bond acceptors (Lipinski definition) is 7. The van der Waals surface area contributed by atoms with Crippen LogP contribution in [-0.2, 0) is 9.59 Å². The SMILES string of the molecule is COc1cccc(/C=C2/SC(=S)NC2=O)c1O[C@@H](C)C(=O)[O-]. The summed E-state index contributed by atoms with van der Waals surface area (Å²) >= 11 is 6.05. The van der Waals surface area contributed by atoms with Gasteiger partial charge < -0.3 is 24.7 Å². The maximum Gasteiger partial charge on any atom is 0.263 e. The molecule has 1 heterocycles. The minimum absolute atomic E-state index is 0.223. The predicted octanol–water partition coefficient (Wildman–Crippen LogP) is 0.701. The van der Waals surface area contributed by atoms with Crippen LogP contribution >= 0.6 is 24.0 Å². The van der Waals surface area contributed by atoms with Gasteiger partial charge in [-0.1, -0.05) is 36.1 Å². The van der Waals surface area contributed by atoms with Crippen molar-refractivity contribution in [2.75, 3.05) is 7.11 Å². The molecule has 1 aromatic carbocycles. The topological polar surface area (TPSA) is 87.7 Å². The van der Waals surface area contributed by atoms with Crippen molar-refractivity contribution in [2.45, 2.75) is 13.0 Å². The molecule has 0 aliphatic carbocycles. The van der Waals surface area contributed by atoms with Crippen LogP contribution in [-0.4, -0.2) is 29.4 Å². The molecule has 1 fully saturated rings. The number of hydrogen-bond donors (Lipinski definition) is 1. The molecule has 116 valence electrons. The molecule has 1 N–H and O–H groups in total. The quantitative estimate of drug-likeness (QED) is 0.624. The lowest BCUT2D eigenvalue weighted by Crippen LogP contribution is -2.37. The summed E-state index contributed by atoms with van der Waals surface area (Å²) < 4.78 is 10.9. The first-order valence-electron chi connectivity index (χ1n) is 6.21. The van der Waals surface area contributed by atoms with Gasteiger partial charge in [0.2, 0.25) is 0 Å². The average Bonchev–Trinajstić information content (AvgIpc) is 2.78. The fraction of sp³-hybridized carbons (Fsp3) is 0.214. The smallest absolute Gasteiger partial charge is 0.263 e. The summed E-state index contributed by atoms with van der Waals surface area (Å²) in [4.78, 5) is 23.0. The Labute approximate surface area is 136 Å². The van der Waals surface area contributed by atoms with Gasteiger partial charge in [-0.3, -0.25) is 4.79 Å². The number of para-hydroxylation sites is 1. The van der Waals surface area contributed by atoms with Gasteiger partial charge in [0.15, 0.2) is 11.5 Å². The second-order valence-electron chi connectivity index (χ2n) is 4.31. The third kappa shape index (κ3) is 3.58. The number of methoxy groups -OCH3 is 1. The number of aliphatic carboxylic acids is 1. The molecule has 0 radical (unpaired) electrons. The number of carboxylic acids is 1. The molecule has 1 aliphatic heterocycles. The van der Waals surface area contributed by atoms with Gasteiger partial charge in [-0.2, -0.15) is 0 Å². The molecule has 6 nitrogen and oxygen atoms in total. The first-order valence-corrected chi connectivity index (χ1v) is 7.44. The van der Waals surface area contributed by atoms with Crippen LogP contribution in [0.3, 0.4) is 0 Å². The van der Waals surface area contributed by atoms with Crippen LogP contribution < -0.4 is 19.9 Å². The summed E-state index contributed by atoms with van der Waals surface area (Å²) in [6.07, 6.45) is 0.402. The van der Waals surface area contributed by atoms with Crippen LogP contribution in [0.1, 0.15) is 12.5 Å². The van der Waals surface area contributed by atoms with Gasteiger partial charge in [0, 0.05) is 5.56 Å². The van der Waals surface area contributed by atoms with Crippen LogP contribution in [0.15, 0.2) is 23.1 Å². The molecule has 1 aromatic rings.